The average Bonchev–Trinajstić information content (AvgIpc) is 3.28. The van der Waals surface area contributed by atoms with E-state index in [-0.39, 0.29) is 11.7 Å². The predicted molar refractivity (Wildman–Crippen MR) is 131 cm³/mol. The molecule has 4 rings (SSSR count). The zero-order chi connectivity index (χ0) is 23.0. The smallest absolute Gasteiger partial charge is 0.250 e. The monoisotopic (exact) mass is 477 g/mol. The van der Waals surface area contributed by atoms with E-state index in [1.807, 2.05) is 71.3 Å². The number of ether oxygens (including phenoxy) is 1. The predicted octanol–water partition coefficient (Wildman–Crippen LogP) is 4.84. The van der Waals surface area contributed by atoms with Gasteiger partial charge in [0, 0.05) is 21.8 Å². The van der Waals surface area contributed by atoms with Crippen LogP contribution in [-0.2, 0) is 4.79 Å². The number of rotatable bonds is 8. The number of hydrazone groups is 1. The highest BCUT2D eigenvalue weighted by Crippen LogP contribution is 2.28. The molecule has 4 aromatic rings. The number of thioether (sulfide) groups is 1. The molecule has 166 valence electrons. The Morgan fingerprint density at radius 3 is 2.55 bits per heavy atom. The number of carbonyl (C=O) groups is 1. The number of benzene rings is 3. The van der Waals surface area contributed by atoms with Gasteiger partial charge in [-0.15, -0.1) is 10.2 Å². The number of amides is 1. The van der Waals surface area contributed by atoms with Gasteiger partial charge in [-0.2, -0.15) is 5.10 Å². The highest BCUT2D eigenvalue weighted by Gasteiger charge is 2.17. The number of nitrogens with zero attached hydrogens (tertiary/aromatic N) is 4. The molecule has 0 saturated heterocycles. The minimum atomic E-state index is -0.266. The topological polar surface area (TPSA) is 81.4 Å². The highest BCUT2D eigenvalue weighted by atomic mass is 35.5. The Hall–Kier alpha value is -3.62. The third-order valence-electron chi connectivity index (χ3n) is 4.61. The minimum absolute atomic E-state index is 0.115. The number of aromatic nitrogens is 3. The van der Waals surface area contributed by atoms with Crippen LogP contribution >= 0.6 is 23.4 Å². The van der Waals surface area contributed by atoms with E-state index in [1.54, 1.807) is 25.5 Å². The summed E-state index contributed by atoms with van der Waals surface area (Å²) in [6, 6.07) is 24.6. The van der Waals surface area contributed by atoms with Gasteiger partial charge in [0.25, 0.3) is 5.91 Å². The summed E-state index contributed by atoms with van der Waals surface area (Å²) in [6.07, 6.45) is 1.55. The van der Waals surface area contributed by atoms with Gasteiger partial charge in [0.15, 0.2) is 11.0 Å². The van der Waals surface area contributed by atoms with Crippen molar-refractivity contribution in [3.63, 3.8) is 0 Å². The fraction of sp³-hybridized carbons (Fsp3) is 0.0833. The lowest BCUT2D eigenvalue weighted by Crippen LogP contribution is -2.20. The number of methoxy groups -OCH3 is 1. The van der Waals surface area contributed by atoms with Crippen LogP contribution < -0.4 is 10.2 Å². The summed E-state index contributed by atoms with van der Waals surface area (Å²) < 4.78 is 7.18. The van der Waals surface area contributed by atoms with E-state index in [9.17, 15) is 4.79 Å². The molecule has 1 aromatic heterocycles. The third kappa shape index (κ3) is 5.60. The van der Waals surface area contributed by atoms with Gasteiger partial charge in [-0.1, -0.05) is 65.8 Å². The maximum atomic E-state index is 12.4. The molecule has 3 aromatic carbocycles. The number of para-hydroxylation sites is 1. The second-order valence-corrected chi connectivity index (χ2v) is 8.19. The Morgan fingerprint density at radius 1 is 1.06 bits per heavy atom. The first kappa shape index (κ1) is 22.6. The van der Waals surface area contributed by atoms with Crippen LogP contribution in [0.15, 0.2) is 89.1 Å². The summed E-state index contributed by atoms with van der Waals surface area (Å²) in [7, 11) is 1.59. The molecule has 0 bridgehead atoms. The van der Waals surface area contributed by atoms with Crippen molar-refractivity contribution in [1.82, 2.24) is 20.2 Å². The van der Waals surface area contributed by atoms with Crippen LogP contribution in [0.25, 0.3) is 17.1 Å². The largest absolute Gasteiger partial charge is 0.496 e. The molecule has 33 heavy (non-hydrogen) atoms. The molecular weight excluding hydrogens is 458 g/mol. The van der Waals surface area contributed by atoms with E-state index in [4.69, 9.17) is 16.3 Å². The molecule has 0 aliphatic carbocycles. The van der Waals surface area contributed by atoms with Crippen LogP contribution in [0.4, 0.5) is 0 Å². The number of hydrogen-bond acceptors (Lipinski definition) is 6. The number of carbonyl (C=O) groups excluding carboxylic acids is 1. The van der Waals surface area contributed by atoms with E-state index in [0.29, 0.717) is 21.8 Å². The Kier molecular flexibility index (Phi) is 7.39. The van der Waals surface area contributed by atoms with Gasteiger partial charge in [0.2, 0.25) is 0 Å². The molecule has 1 N–H and O–H groups in total. The Morgan fingerprint density at radius 2 is 1.79 bits per heavy atom. The lowest BCUT2D eigenvalue weighted by Gasteiger charge is -2.10. The van der Waals surface area contributed by atoms with Gasteiger partial charge in [-0.05, 0) is 36.4 Å². The van der Waals surface area contributed by atoms with Crippen molar-refractivity contribution >= 4 is 35.5 Å². The van der Waals surface area contributed by atoms with Crippen molar-refractivity contribution in [2.45, 2.75) is 5.16 Å². The van der Waals surface area contributed by atoms with E-state index < -0.39 is 0 Å². The molecule has 0 radical (unpaired) electrons. The quantitative estimate of drug-likeness (QED) is 0.223. The van der Waals surface area contributed by atoms with Crippen molar-refractivity contribution in [2.24, 2.45) is 5.10 Å². The van der Waals surface area contributed by atoms with Crippen LogP contribution in [0.3, 0.4) is 0 Å². The molecule has 1 amide bonds. The first-order valence-corrected chi connectivity index (χ1v) is 11.4. The van der Waals surface area contributed by atoms with Gasteiger partial charge in [0.05, 0.1) is 19.1 Å². The van der Waals surface area contributed by atoms with Gasteiger partial charge in [0.1, 0.15) is 5.75 Å². The van der Waals surface area contributed by atoms with Crippen molar-refractivity contribution in [1.29, 1.82) is 0 Å². The van der Waals surface area contributed by atoms with Crippen LogP contribution in [0.2, 0.25) is 5.02 Å². The molecule has 0 spiro atoms. The normalized spacial score (nSPS) is 11.0. The second kappa shape index (κ2) is 10.8. The molecule has 7 nitrogen and oxygen atoms in total. The molecule has 9 heteroatoms. The van der Waals surface area contributed by atoms with Gasteiger partial charge in [-0.3, -0.25) is 9.36 Å². The molecule has 1 heterocycles. The van der Waals surface area contributed by atoms with Crippen LogP contribution in [0, 0.1) is 0 Å². The van der Waals surface area contributed by atoms with Crippen molar-refractivity contribution in [2.75, 3.05) is 12.9 Å². The standard InChI is InChI=1S/C24H20ClN5O2S/c1-32-21-10-6-5-9-18(21)15-26-27-22(31)16-33-24-29-28-23(17-7-3-2-4-8-17)30(24)20-13-11-19(25)12-14-20/h2-15H,16H2,1H3,(H,27,31)/b26-15-. The number of halogens is 1. The molecule has 0 aliphatic heterocycles. The first-order chi connectivity index (χ1) is 16.2. The second-order valence-electron chi connectivity index (χ2n) is 6.81. The summed E-state index contributed by atoms with van der Waals surface area (Å²) in [4.78, 5) is 12.4. The number of nitrogens with one attached hydrogen (secondary N) is 1. The zero-order valence-corrected chi connectivity index (χ0v) is 19.3. The molecule has 0 aliphatic rings. The molecular formula is C24H20ClN5O2S. The molecule has 0 saturated carbocycles. The van der Waals surface area contributed by atoms with Crippen LogP contribution in [-0.4, -0.2) is 39.7 Å². The summed E-state index contributed by atoms with van der Waals surface area (Å²) in [5.41, 5.74) is 5.07. The van der Waals surface area contributed by atoms with Crippen molar-refractivity contribution in [3.05, 3.63) is 89.4 Å². The fourth-order valence-corrected chi connectivity index (χ4v) is 3.94. The zero-order valence-electron chi connectivity index (χ0n) is 17.7. The maximum absolute atomic E-state index is 12.4. The summed E-state index contributed by atoms with van der Waals surface area (Å²) >= 11 is 7.33. The number of hydrogen-bond donors (Lipinski definition) is 1. The first-order valence-electron chi connectivity index (χ1n) is 10.00. The molecule has 0 fully saturated rings. The summed E-state index contributed by atoms with van der Waals surface area (Å²) in [5, 5.41) is 13.9. The van der Waals surface area contributed by atoms with E-state index in [2.05, 4.69) is 20.7 Å². The Labute approximate surface area is 200 Å². The Balaban J connectivity index is 1.50. The van der Waals surface area contributed by atoms with Crippen LogP contribution in [0.1, 0.15) is 5.56 Å². The van der Waals surface area contributed by atoms with Crippen molar-refractivity contribution in [3.8, 4) is 22.8 Å². The highest BCUT2D eigenvalue weighted by molar-refractivity contribution is 7.99. The van der Waals surface area contributed by atoms with Gasteiger partial charge in [-0.25, -0.2) is 5.43 Å². The molecule has 0 atom stereocenters. The summed E-state index contributed by atoms with van der Waals surface area (Å²) in [6.45, 7) is 0. The SMILES string of the molecule is COc1ccccc1/C=N\NC(=O)CSc1nnc(-c2ccccc2)n1-c1ccc(Cl)cc1. The maximum Gasteiger partial charge on any atom is 0.250 e. The van der Waals surface area contributed by atoms with E-state index in [0.717, 1.165) is 16.8 Å². The minimum Gasteiger partial charge on any atom is -0.496 e. The van der Waals surface area contributed by atoms with Crippen molar-refractivity contribution < 1.29 is 9.53 Å². The van der Waals surface area contributed by atoms with E-state index >= 15 is 0 Å². The third-order valence-corrected chi connectivity index (χ3v) is 5.80. The fourth-order valence-electron chi connectivity index (χ4n) is 3.07. The van der Waals surface area contributed by atoms with Crippen LogP contribution in [0.5, 0.6) is 5.75 Å². The van der Waals surface area contributed by atoms with Gasteiger partial charge >= 0.3 is 0 Å². The average molecular weight is 478 g/mol. The van der Waals surface area contributed by atoms with E-state index in [1.165, 1.54) is 11.8 Å². The Bertz CT molecular complexity index is 1260. The molecule has 0 unspecified atom stereocenters. The lowest BCUT2D eigenvalue weighted by atomic mass is 10.2. The summed E-state index contributed by atoms with van der Waals surface area (Å²) in [5.74, 6) is 1.20. The lowest BCUT2D eigenvalue weighted by molar-refractivity contribution is -0.118. The van der Waals surface area contributed by atoms with Gasteiger partial charge < -0.3 is 4.74 Å².